The first-order chi connectivity index (χ1) is 7.63. The molecule has 1 aliphatic carbocycles. The Labute approximate surface area is 94.0 Å². The summed E-state index contributed by atoms with van der Waals surface area (Å²) in [5.41, 5.74) is 5.57. The summed E-state index contributed by atoms with van der Waals surface area (Å²) in [6.07, 6.45) is 0.836. The number of aliphatic carboxylic acids is 1. The fraction of sp³-hybridized carbons (Fsp3) is 0.417. The van der Waals surface area contributed by atoms with E-state index in [1.807, 2.05) is 30.3 Å². The summed E-state index contributed by atoms with van der Waals surface area (Å²) in [4.78, 5) is 10.9. The van der Waals surface area contributed by atoms with Crippen molar-refractivity contribution in [2.24, 2.45) is 5.73 Å². The molecular formula is C12H15NO3. The Hall–Kier alpha value is -1.39. The Kier molecular flexibility index (Phi) is 2.94. The van der Waals surface area contributed by atoms with Gasteiger partial charge in [-0.05, 0) is 18.4 Å². The number of hydrogen-bond acceptors (Lipinski definition) is 3. The van der Waals surface area contributed by atoms with E-state index >= 15 is 0 Å². The molecule has 0 bridgehead atoms. The van der Waals surface area contributed by atoms with Gasteiger partial charge < -0.3 is 15.6 Å². The van der Waals surface area contributed by atoms with Gasteiger partial charge in [-0.25, -0.2) is 0 Å². The number of carboxylic acid groups (broad SMARTS) is 1. The normalized spacial score (nSPS) is 28.4. The first-order valence-corrected chi connectivity index (χ1v) is 5.31. The average molecular weight is 221 g/mol. The van der Waals surface area contributed by atoms with Gasteiger partial charge in [0.1, 0.15) is 5.54 Å². The van der Waals surface area contributed by atoms with Gasteiger partial charge in [0.25, 0.3) is 0 Å². The molecule has 0 spiro atoms. The molecule has 86 valence electrons. The molecule has 0 aliphatic heterocycles. The van der Waals surface area contributed by atoms with Gasteiger partial charge in [-0.15, -0.1) is 0 Å². The fourth-order valence-electron chi connectivity index (χ4n) is 1.82. The van der Waals surface area contributed by atoms with E-state index in [1.165, 1.54) is 0 Å². The Morgan fingerprint density at radius 2 is 2.19 bits per heavy atom. The summed E-state index contributed by atoms with van der Waals surface area (Å²) in [6, 6.07) is 9.66. The van der Waals surface area contributed by atoms with Crippen molar-refractivity contribution in [3.63, 3.8) is 0 Å². The molecule has 1 fully saturated rings. The standard InChI is InChI=1S/C12H15NO3/c13-12(11(14)15)7-6-10(12)16-8-9-4-2-1-3-5-9/h1-5,10H,6-8,13H2,(H,14,15)/t10?,12-/m0/s1. The highest BCUT2D eigenvalue weighted by Crippen LogP contribution is 2.33. The van der Waals surface area contributed by atoms with Crippen LogP contribution in [0.4, 0.5) is 0 Å². The maximum atomic E-state index is 10.9. The van der Waals surface area contributed by atoms with Crippen molar-refractivity contribution in [3.8, 4) is 0 Å². The number of benzene rings is 1. The van der Waals surface area contributed by atoms with Crippen LogP contribution in [0, 0.1) is 0 Å². The molecule has 2 rings (SSSR count). The number of nitrogens with two attached hydrogens (primary N) is 1. The van der Waals surface area contributed by atoms with Gasteiger partial charge in [0, 0.05) is 0 Å². The van der Waals surface area contributed by atoms with E-state index < -0.39 is 11.5 Å². The molecule has 0 saturated heterocycles. The Morgan fingerprint density at radius 3 is 2.69 bits per heavy atom. The van der Waals surface area contributed by atoms with Crippen LogP contribution in [-0.4, -0.2) is 22.7 Å². The number of rotatable bonds is 4. The number of ether oxygens (including phenoxy) is 1. The lowest BCUT2D eigenvalue weighted by Gasteiger charge is -2.42. The predicted molar refractivity (Wildman–Crippen MR) is 58.8 cm³/mol. The zero-order chi connectivity index (χ0) is 11.6. The Balaban J connectivity index is 1.90. The second kappa shape index (κ2) is 4.23. The van der Waals surface area contributed by atoms with Gasteiger partial charge in [-0.1, -0.05) is 30.3 Å². The lowest BCUT2D eigenvalue weighted by Crippen LogP contribution is -2.65. The third-order valence-electron chi connectivity index (χ3n) is 3.09. The summed E-state index contributed by atoms with van der Waals surface area (Å²) in [7, 11) is 0. The minimum atomic E-state index is -1.19. The van der Waals surface area contributed by atoms with Crippen molar-refractivity contribution in [2.75, 3.05) is 0 Å². The molecule has 1 saturated carbocycles. The van der Waals surface area contributed by atoms with Gasteiger partial charge >= 0.3 is 5.97 Å². The van der Waals surface area contributed by atoms with E-state index in [2.05, 4.69) is 0 Å². The molecule has 16 heavy (non-hydrogen) atoms. The van der Waals surface area contributed by atoms with E-state index in [1.54, 1.807) is 0 Å². The molecule has 1 unspecified atom stereocenters. The van der Waals surface area contributed by atoms with E-state index in [-0.39, 0.29) is 6.10 Å². The highest BCUT2D eigenvalue weighted by atomic mass is 16.5. The monoisotopic (exact) mass is 221 g/mol. The number of carbonyl (C=O) groups is 1. The summed E-state index contributed by atoms with van der Waals surface area (Å²) in [5.74, 6) is -0.975. The summed E-state index contributed by atoms with van der Waals surface area (Å²) in [5, 5.41) is 8.96. The van der Waals surface area contributed by atoms with Crippen LogP contribution in [-0.2, 0) is 16.1 Å². The van der Waals surface area contributed by atoms with Gasteiger partial charge in [-0.3, -0.25) is 4.79 Å². The largest absolute Gasteiger partial charge is 0.480 e. The zero-order valence-electron chi connectivity index (χ0n) is 8.93. The van der Waals surface area contributed by atoms with Crippen molar-refractivity contribution < 1.29 is 14.6 Å². The fourth-order valence-corrected chi connectivity index (χ4v) is 1.82. The maximum Gasteiger partial charge on any atom is 0.326 e. The van der Waals surface area contributed by atoms with Gasteiger partial charge in [-0.2, -0.15) is 0 Å². The van der Waals surface area contributed by atoms with Crippen LogP contribution in [0.2, 0.25) is 0 Å². The summed E-state index contributed by atoms with van der Waals surface area (Å²) >= 11 is 0. The van der Waals surface area contributed by atoms with Crippen molar-refractivity contribution in [1.82, 2.24) is 0 Å². The van der Waals surface area contributed by atoms with Crippen LogP contribution in [0.5, 0.6) is 0 Å². The molecular weight excluding hydrogens is 206 g/mol. The summed E-state index contributed by atoms with van der Waals surface area (Å²) in [6.45, 7) is 0.414. The molecule has 1 aliphatic rings. The molecule has 1 aromatic carbocycles. The second-order valence-electron chi connectivity index (χ2n) is 4.17. The van der Waals surface area contributed by atoms with E-state index in [0.29, 0.717) is 13.0 Å². The quantitative estimate of drug-likeness (QED) is 0.799. The molecule has 3 N–H and O–H groups in total. The maximum absolute atomic E-state index is 10.9. The van der Waals surface area contributed by atoms with E-state index in [9.17, 15) is 4.79 Å². The minimum absolute atomic E-state index is 0.370. The second-order valence-corrected chi connectivity index (χ2v) is 4.17. The summed E-state index contributed by atoms with van der Waals surface area (Å²) < 4.78 is 5.54. The molecule has 4 heteroatoms. The van der Waals surface area contributed by atoms with Crippen LogP contribution >= 0.6 is 0 Å². The van der Waals surface area contributed by atoms with E-state index in [4.69, 9.17) is 15.6 Å². The van der Waals surface area contributed by atoms with Crippen LogP contribution in [0.25, 0.3) is 0 Å². The van der Waals surface area contributed by atoms with Crippen molar-refractivity contribution in [3.05, 3.63) is 35.9 Å². The molecule has 0 aromatic heterocycles. The van der Waals surface area contributed by atoms with Gasteiger partial charge in [0.2, 0.25) is 0 Å². The SMILES string of the molecule is N[C@@]1(C(=O)O)CCC1OCc1ccccc1. The zero-order valence-corrected chi connectivity index (χ0v) is 8.93. The third kappa shape index (κ3) is 1.94. The lowest BCUT2D eigenvalue weighted by atomic mass is 9.74. The highest BCUT2D eigenvalue weighted by Gasteiger charge is 2.50. The lowest BCUT2D eigenvalue weighted by molar-refractivity contribution is -0.161. The van der Waals surface area contributed by atoms with Crippen LogP contribution < -0.4 is 5.73 Å². The minimum Gasteiger partial charge on any atom is -0.480 e. The molecule has 2 atom stereocenters. The Morgan fingerprint density at radius 1 is 1.50 bits per heavy atom. The topological polar surface area (TPSA) is 72.6 Å². The van der Waals surface area contributed by atoms with Crippen molar-refractivity contribution in [1.29, 1.82) is 0 Å². The van der Waals surface area contributed by atoms with Crippen molar-refractivity contribution in [2.45, 2.75) is 31.1 Å². The molecule has 1 aromatic rings. The van der Waals surface area contributed by atoms with Crippen LogP contribution in [0.3, 0.4) is 0 Å². The first kappa shape index (κ1) is 11.1. The molecule has 0 heterocycles. The molecule has 4 nitrogen and oxygen atoms in total. The van der Waals surface area contributed by atoms with Crippen molar-refractivity contribution >= 4 is 5.97 Å². The Bertz CT molecular complexity index is 379. The molecule has 0 radical (unpaired) electrons. The van der Waals surface area contributed by atoms with Gasteiger partial charge in [0.05, 0.1) is 12.7 Å². The third-order valence-corrected chi connectivity index (χ3v) is 3.09. The van der Waals surface area contributed by atoms with E-state index in [0.717, 1.165) is 12.0 Å². The average Bonchev–Trinajstić information content (AvgIpc) is 2.28. The van der Waals surface area contributed by atoms with Crippen LogP contribution in [0.1, 0.15) is 18.4 Å². The number of carboxylic acids is 1. The smallest absolute Gasteiger partial charge is 0.326 e. The highest BCUT2D eigenvalue weighted by molar-refractivity contribution is 5.80. The first-order valence-electron chi connectivity index (χ1n) is 5.31. The number of hydrogen-bond donors (Lipinski definition) is 2. The predicted octanol–water partition coefficient (Wildman–Crippen LogP) is 1.15. The van der Waals surface area contributed by atoms with Gasteiger partial charge in [0.15, 0.2) is 0 Å². The van der Waals surface area contributed by atoms with Crippen LogP contribution in [0.15, 0.2) is 30.3 Å². The molecule has 0 amide bonds.